The van der Waals surface area contributed by atoms with Crippen molar-refractivity contribution in [1.82, 2.24) is 15.1 Å². The molecule has 2 aliphatic rings. The molecule has 0 radical (unpaired) electrons. The zero-order chi connectivity index (χ0) is 18.5. The lowest BCUT2D eigenvalue weighted by Crippen LogP contribution is -2.52. The van der Waals surface area contributed by atoms with Gasteiger partial charge in [-0.05, 0) is 49.8 Å². The van der Waals surface area contributed by atoms with Gasteiger partial charge < -0.3 is 10.2 Å². The Morgan fingerprint density at radius 2 is 1.81 bits per heavy atom. The Hall–Kier alpha value is -1.59. The molecule has 1 saturated carbocycles. The Morgan fingerprint density at radius 3 is 2.46 bits per heavy atom. The molecule has 1 N–H and O–H groups in total. The van der Waals surface area contributed by atoms with Crippen LogP contribution in [0.3, 0.4) is 0 Å². The summed E-state index contributed by atoms with van der Waals surface area (Å²) in [7, 11) is 0. The third-order valence-corrected chi connectivity index (χ3v) is 5.71. The van der Waals surface area contributed by atoms with Crippen molar-refractivity contribution in [2.75, 3.05) is 32.7 Å². The topological polar surface area (TPSA) is 52.7 Å². The second kappa shape index (κ2) is 8.87. The molecule has 0 spiro atoms. The van der Waals surface area contributed by atoms with Crippen molar-refractivity contribution in [3.8, 4) is 0 Å². The van der Waals surface area contributed by atoms with Gasteiger partial charge >= 0.3 is 0 Å². The molecule has 142 valence electrons. The maximum Gasteiger partial charge on any atom is 0.253 e. The average molecular weight is 378 g/mol. The van der Waals surface area contributed by atoms with Crippen molar-refractivity contribution in [2.45, 2.75) is 38.6 Å². The standard InChI is InChI=1S/C20H28ClN3O2/c1-15-5-7-18(8-6-15)22-19(25)14-23-9-11-24(12-10-23)20(26)16-3-2-4-17(21)13-16/h2-4,13,15,18H,5-12,14H2,1H3,(H,22,25). The highest BCUT2D eigenvalue weighted by atomic mass is 35.5. The van der Waals surface area contributed by atoms with E-state index in [2.05, 4.69) is 17.1 Å². The molecule has 1 aromatic rings. The molecule has 1 aliphatic heterocycles. The van der Waals surface area contributed by atoms with E-state index >= 15 is 0 Å². The fraction of sp³-hybridized carbons (Fsp3) is 0.600. The van der Waals surface area contributed by atoms with Crippen LogP contribution in [0.1, 0.15) is 43.0 Å². The smallest absolute Gasteiger partial charge is 0.253 e. The van der Waals surface area contributed by atoms with Crippen molar-refractivity contribution in [3.63, 3.8) is 0 Å². The van der Waals surface area contributed by atoms with Gasteiger partial charge in [0.2, 0.25) is 5.91 Å². The molecule has 3 rings (SSSR count). The lowest BCUT2D eigenvalue weighted by atomic mass is 9.87. The Kier molecular flexibility index (Phi) is 6.54. The van der Waals surface area contributed by atoms with Gasteiger partial charge in [0.15, 0.2) is 0 Å². The fourth-order valence-corrected chi connectivity index (χ4v) is 3.98. The van der Waals surface area contributed by atoms with E-state index in [0.29, 0.717) is 36.3 Å². The second-order valence-electron chi connectivity index (χ2n) is 7.60. The predicted molar refractivity (Wildman–Crippen MR) is 103 cm³/mol. The number of piperazine rings is 1. The Bertz CT molecular complexity index is 636. The van der Waals surface area contributed by atoms with E-state index in [-0.39, 0.29) is 11.8 Å². The first kappa shape index (κ1) is 19.2. The van der Waals surface area contributed by atoms with E-state index in [1.54, 1.807) is 24.3 Å². The zero-order valence-corrected chi connectivity index (χ0v) is 16.2. The van der Waals surface area contributed by atoms with E-state index in [4.69, 9.17) is 11.6 Å². The molecule has 0 aromatic heterocycles. The van der Waals surface area contributed by atoms with Gasteiger partial charge in [0.25, 0.3) is 5.91 Å². The van der Waals surface area contributed by atoms with E-state index < -0.39 is 0 Å². The van der Waals surface area contributed by atoms with Crippen LogP contribution in [0, 0.1) is 5.92 Å². The summed E-state index contributed by atoms with van der Waals surface area (Å²) >= 11 is 5.97. The van der Waals surface area contributed by atoms with Gasteiger partial charge in [-0.15, -0.1) is 0 Å². The summed E-state index contributed by atoms with van der Waals surface area (Å²) in [4.78, 5) is 28.8. The number of rotatable bonds is 4. The van der Waals surface area contributed by atoms with Crippen LogP contribution < -0.4 is 5.32 Å². The minimum Gasteiger partial charge on any atom is -0.352 e. The summed E-state index contributed by atoms with van der Waals surface area (Å²) in [6.45, 7) is 5.43. The molecule has 1 heterocycles. The first-order chi connectivity index (χ1) is 12.5. The summed E-state index contributed by atoms with van der Waals surface area (Å²) in [6.07, 6.45) is 4.59. The summed E-state index contributed by atoms with van der Waals surface area (Å²) in [5, 5.41) is 3.75. The summed E-state index contributed by atoms with van der Waals surface area (Å²) in [6, 6.07) is 7.39. The van der Waals surface area contributed by atoms with E-state index in [1.165, 1.54) is 12.8 Å². The number of carbonyl (C=O) groups is 2. The van der Waals surface area contributed by atoms with Crippen LogP contribution >= 0.6 is 11.6 Å². The highest BCUT2D eigenvalue weighted by Gasteiger charge is 2.25. The first-order valence-corrected chi connectivity index (χ1v) is 9.95. The molecular weight excluding hydrogens is 350 g/mol. The number of nitrogens with zero attached hydrogens (tertiary/aromatic N) is 2. The second-order valence-corrected chi connectivity index (χ2v) is 8.04. The third kappa shape index (κ3) is 5.21. The number of hydrogen-bond donors (Lipinski definition) is 1. The van der Waals surface area contributed by atoms with E-state index in [9.17, 15) is 9.59 Å². The number of carbonyl (C=O) groups excluding carboxylic acids is 2. The van der Waals surface area contributed by atoms with Crippen LogP contribution in [0.5, 0.6) is 0 Å². The van der Waals surface area contributed by atoms with Gasteiger partial charge in [-0.25, -0.2) is 0 Å². The number of benzene rings is 1. The molecule has 0 bridgehead atoms. The Morgan fingerprint density at radius 1 is 1.12 bits per heavy atom. The molecule has 5 nitrogen and oxygen atoms in total. The molecule has 26 heavy (non-hydrogen) atoms. The van der Waals surface area contributed by atoms with Crippen LogP contribution in [0.15, 0.2) is 24.3 Å². The number of nitrogens with one attached hydrogen (secondary N) is 1. The van der Waals surface area contributed by atoms with Crippen molar-refractivity contribution in [1.29, 1.82) is 0 Å². The van der Waals surface area contributed by atoms with Crippen LogP contribution in [0.2, 0.25) is 5.02 Å². The molecule has 1 aromatic carbocycles. The Labute approximate surface area is 160 Å². The monoisotopic (exact) mass is 377 g/mol. The maximum atomic E-state index is 12.5. The zero-order valence-electron chi connectivity index (χ0n) is 15.4. The molecule has 6 heteroatoms. The lowest BCUT2D eigenvalue weighted by Gasteiger charge is -2.35. The van der Waals surface area contributed by atoms with Crippen molar-refractivity contribution in [2.24, 2.45) is 5.92 Å². The van der Waals surface area contributed by atoms with Gasteiger partial charge in [0.1, 0.15) is 0 Å². The van der Waals surface area contributed by atoms with E-state index in [0.717, 1.165) is 31.8 Å². The van der Waals surface area contributed by atoms with E-state index in [1.807, 2.05) is 4.90 Å². The van der Waals surface area contributed by atoms with Crippen LogP contribution in [-0.4, -0.2) is 60.4 Å². The number of amides is 2. The van der Waals surface area contributed by atoms with Gasteiger partial charge in [0, 0.05) is 42.8 Å². The first-order valence-electron chi connectivity index (χ1n) is 9.58. The molecular formula is C20H28ClN3O2. The summed E-state index contributed by atoms with van der Waals surface area (Å²) in [5.41, 5.74) is 0.621. The normalized spacial score (nSPS) is 24.3. The number of halogens is 1. The largest absolute Gasteiger partial charge is 0.352 e. The van der Waals surface area contributed by atoms with Crippen LogP contribution in [-0.2, 0) is 4.79 Å². The molecule has 0 atom stereocenters. The minimum atomic E-state index is 0.00734. The van der Waals surface area contributed by atoms with Crippen LogP contribution in [0.4, 0.5) is 0 Å². The van der Waals surface area contributed by atoms with Gasteiger partial charge in [0.05, 0.1) is 6.54 Å². The Balaban J connectivity index is 1.42. The quantitative estimate of drug-likeness (QED) is 0.877. The molecule has 2 fully saturated rings. The van der Waals surface area contributed by atoms with Gasteiger partial charge in [-0.2, -0.15) is 0 Å². The summed E-state index contributed by atoms with van der Waals surface area (Å²) in [5.74, 6) is 0.903. The minimum absolute atomic E-state index is 0.00734. The summed E-state index contributed by atoms with van der Waals surface area (Å²) < 4.78 is 0. The predicted octanol–water partition coefficient (Wildman–Crippen LogP) is 2.79. The lowest BCUT2D eigenvalue weighted by molar-refractivity contribution is -0.123. The maximum absolute atomic E-state index is 12.5. The van der Waals surface area contributed by atoms with Crippen molar-refractivity contribution >= 4 is 23.4 Å². The number of hydrogen-bond acceptors (Lipinski definition) is 3. The molecule has 2 amide bonds. The molecule has 0 unspecified atom stereocenters. The SMILES string of the molecule is CC1CCC(NC(=O)CN2CCN(C(=O)c3cccc(Cl)c3)CC2)CC1. The highest BCUT2D eigenvalue weighted by Crippen LogP contribution is 2.23. The average Bonchev–Trinajstić information content (AvgIpc) is 2.64. The third-order valence-electron chi connectivity index (χ3n) is 5.48. The van der Waals surface area contributed by atoms with Gasteiger partial charge in [-0.1, -0.05) is 24.6 Å². The van der Waals surface area contributed by atoms with Gasteiger partial charge in [-0.3, -0.25) is 14.5 Å². The molecule has 1 aliphatic carbocycles. The molecule has 1 saturated heterocycles. The van der Waals surface area contributed by atoms with Crippen molar-refractivity contribution < 1.29 is 9.59 Å². The van der Waals surface area contributed by atoms with Crippen molar-refractivity contribution in [3.05, 3.63) is 34.9 Å². The fourth-order valence-electron chi connectivity index (χ4n) is 3.79. The van der Waals surface area contributed by atoms with Crippen LogP contribution in [0.25, 0.3) is 0 Å². The highest BCUT2D eigenvalue weighted by molar-refractivity contribution is 6.30.